The minimum absolute atomic E-state index is 0.891. The molecule has 0 bridgehead atoms. The van der Waals surface area contributed by atoms with E-state index in [0.29, 0.717) is 0 Å². The fourth-order valence-corrected chi connectivity index (χ4v) is 6.11. The minimum Gasteiger partial charge on any atom is -0.303 e. The topological polar surface area (TPSA) is 3.24 Å². The highest BCUT2D eigenvalue weighted by Gasteiger charge is 2.05. The van der Waals surface area contributed by atoms with Crippen molar-refractivity contribution < 1.29 is 0 Å². The van der Waals surface area contributed by atoms with E-state index in [9.17, 15) is 0 Å². The van der Waals surface area contributed by atoms with Crippen molar-refractivity contribution in [2.24, 2.45) is 5.92 Å². The van der Waals surface area contributed by atoms with Crippen molar-refractivity contribution in [2.75, 3.05) is 19.6 Å². The van der Waals surface area contributed by atoms with Crippen LogP contribution in [0.15, 0.2) is 0 Å². The molecule has 1 nitrogen and oxygen atoms in total. The molecular weight excluding hydrogens is 470 g/mol. The molecule has 0 N–H and O–H groups in total. The van der Waals surface area contributed by atoms with Gasteiger partial charge in [-0.2, -0.15) is 0 Å². The molecule has 1 heteroatoms. The average Bonchev–Trinajstić information content (AvgIpc) is 2.93. The zero-order valence-corrected chi connectivity index (χ0v) is 28.4. The lowest BCUT2D eigenvalue weighted by atomic mass is 10.0. The third kappa shape index (κ3) is 34.1. The molecule has 0 atom stereocenters. The minimum atomic E-state index is 0.891. The van der Waals surface area contributed by atoms with Crippen LogP contribution in [-0.4, -0.2) is 24.5 Å². The van der Waals surface area contributed by atoms with Crippen LogP contribution >= 0.6 is 0 Å². The first-order valence-corrected chi connectivity index (χ1v) is 18.9. The standard InChI is InChI=1S/C38H79N/c1-5-7-9-11-13-19-23-27-31-35-39(36-32-28-24-20-14-12-10-8-6-2)37-33-29-25-21-17-15-16-18-22-26-30-34-38(3)4/h38H,5-37H2,1-4H3. The lowest BCUT2D eigenvalue weighted by Crippen LogP contribution is -2.27. The second-order valence-corrected chi connectivity index (χ2v) is 13.6. The van der Waals surface area contributed by atoms with Gasteiger partial charge >= 0.3 is 0 Å². The highest BCUT2D eigenvalue weighted by atomic mass is 15.1. The fourth-order valence-electron chi connectivity index (χ4n) is 6.11. The monoisotopic (exact) mass is 550 g/mol. The Morgan fingerprint density at radius 3 is 0.795 bits per heavy atom. The Bertz CT molecular complexity index is 395. The molecule has 0 aromatic carbocycles. The van der Waals surface area contributed by atoms with Crippen molar-refractivity contribution in [3.63, 3.8) is 0 Å². The van der Waals surface area contributed by atoms with Crippen molar-refractivity contribution in [3.05, 3.63) is 0 Å². The summed E-state index contributed by atoms with van der Waals surface area (Å²) < 4.78 is 0. The van der Waals surface area contributed by atoms with E-state index in [1.165, 1.54) is 212 Å². The second-order valence-electron chi connectivity index (χ2n) is 13.6. The fraction of sp³-hybridized carbons (Fsp3) is 1.00. The summed E-state index contributed by atoms with van der Waals surface area (Å²) in [5.41, 5.74) is 0. The summed E-state index contributed by atoms with van der Waals surface area (Å²) in [6.45, 7) is 13.4. The summed E-state index contributed by atoms with van der Waals surface area (Å²) >= 11 is 0. The van der Waals surface area contributed by atoms with Gasteiger partial charge in [0.05, 0.1) is 0 Å². The highest BCUT2D eigenvalue weighted by Crippen LogP contribution is 2.15. The first-order chi connectivity index (χ1) is 19.2. The van der Waals surface area contributed by atoms with Crippen LogP contribution < -0.4 is 0 Å². The summed E-state index contributed by atoms with van der Waals surface area (Å²) in [7, 11) is 0. The molecule has 0 rings (SSSR count). The Hall–Kier alpha value is -0.0400. The summed E-state index contributed by atoms with van der Waals surface area (Å²) in [6, 6.07) is 0. The van der Waals surface area contributed by atoms with E-state index in [0.717, 1.165) is 5.92 Å². The van der Waals surface area contributed by atoms with Crippen molar-refractivity contribution in [2.45, 2.75) is 220 Å². The van der Waals surface area contributed by atoms with Gasteiger partial charge in [0.25, 0.3) is 0 Å². The molecule has 0 spiro atoms. The molecule has 0 aromatic heterocycles. The van der Waals surface area contributed by atoms with Crippen LogP contribution in [0.25, 0.3) is 0 Å². The van der Waals surface area contributed by atoms with Crippen LogP contribution in [-0.2, 0) is 0 Å². The van der Waals surface area contributed by atoms with Crippen LogP contribution in [0.4, 0.5) is 0 Å². The van der Waals surface area contributed by atoms with Gasteiger partial charge < -0.3 is 4.90 Å². The summed E-state index contributed by atoms with van der Waals surface area (Å²) in [5, 5.41) is 0. The molecular formula is C38H79N. The maximum Gasteiger partial charge on any atom is -0.00187 e. The van der Waals surface area contributed by atoms with Crippen molar-refractivity contribution in [1.82, 2.24) is 4.90 Å². The van der Waals surface area contributed by atoms with Gasteiger partial charge in [0.2, 0.25) is 0 Å². The third-order valence-corrected chi connectivity index (χ3v) is 8.91. The molecule has 0 aromatic rings. The number of hydrogen-bond acceptors (Lipinski definition) is 1. The SMILES string of the molecule is CCCCCCCCCCCN(CCCCCCCCCCC)CCCCCCCCCCCCCC(C)C. The Morgan fingerprint density at radius 2 is 0.538 bits per heavy atom. The van der Waals surface area contributed by atoms with Gasteiger partial charge in [-0.05, 0) is 44.8 Å². The Balaban J connectivity index is 3.84. The zero-order chi connectivity index (χ0) is 28.5. The van der Waals surface area contributed by atoms with Gasteiger partial charge in [-0.1, -0.05) is 201 Å². The molecule has 0 aliphatic heterocycles. The predicted molar refractivity (Wildman–Crippen MR) is 181 cm³/mol. The summed E-state index contributed by atoms with van der Waals surface area (Å²) in [4.78, 5) is 2.85. The molecule has 0 unspecified atom stereocenters. The van der Waals surface area contributed by atoms with E-state index in [4.69, 9.17) is 0 Å². The molecule has 0 aliphatic carbocycles. The maximum atomic E-state index is 2.85. The lowest BCUT2D eigenvalue weighted by molar-refractivity contribution is 0.254. The second kappa shape index (κ2) is 34.2. The normalized spacial score (nSPS) is 11.8. The van der Waals surface area contributed by atoms with Gasteiger partial charge in [0, 0.05) is 0 Å². The van der Waals surface area contributed by atoms with E-state index in [2.05, 4.69) is 32.6 Å². The van der Waals surface area contributed by atoms with E-state index in [-0.39, 0.29) is 0 Å². The molecule has 0 saturated heterocycles. The molecule has 0 saturated carbocycles. The van der Waals surface area contributed by atoms with E-state index in [1.807, 2.05) is 0 Å². The number of unbranched alkanes of at least 4 members (excludes halogenated alkanes) is 26. The van der Waals surface area contributed by atoms with Gasteiger partial charge in [0.15, 0.2) is 0 Å². The Labute approximate surface area is 250 Å². The molecule has 0 heterocycles. The predicted octanol–water partition coefficient (Wildman–Crippen LogP) is 13.7. The first-order valence-electron chi connectivity index (χ1n) is 18.9. The Kier molecular flexibility index (Phi) is 34.1. The Morgan fingerprint density at radius 1 is 0.308 bits per heavy atom. The van der Waals surface area contributed by atoms with E-state index in [1.54, 1.807) is 0 Å². The van der Waals surface area contributed by atoms with Crippen molar-refractivity contribution >= 4 is 0 Å². The van der Waals surface area contributed by atoms with Gasteiger partial charge in [0.1, 0.15) is 0 Å². The molecule has 0 aliphatic rings. The largest absolute Gasteiger partial charge is 0.303 e. The van der Waals surface area contributed by atoms with Gasteiger partial charge in [-0.25, -0.2) is 0 Å². The van der Waals surface area contributed by atoms with Gasteiger partial charge in [-0.3, -0.25) is 0 Å². The van der Waals surface area contributed by atoms with Crippen LogP contribution in [0.3, 0.4) is 0 Å². The molecule has 39 heavy (non-hydrogen) atoms. The number of rotatable bonds is 34. The van der Waals surface area contributed by atoms with Gasteiger partial charge in [-0.15, -0.1) is 0 Å². The molecule has 236 valence electrons. The number of hydrogen-bond donors (Lipinski definition) is 0. The first kappa shape index (κ1) is 39.0. The van der Waals surface area contributed by atoms with Crippen LogP contribution in [0.1, 0.15) is 220 Å². The number of nitrogens with zero attached hydrogens (tertiary/aromatic N) is 1. The van der Waals surface area contributed by atoms with Crippen LogP contribution in [0, 0.1) is 5.92 Å². The maximum absolute atomic E-state index is 2.85. The quantitative estimate of drug-likeness (QED) is 0.0721. The average molecular weight is 550 g/mol. The molecule has 0 fully saturated rings. The summed E-state index contributed by atoms with van der Waals surface area (Å²) in [6.07, 6.45) is 43.7. The lowest BCUT2D eigenvalue weighted by Gasteiger charge is -2.22. The highest BCUT2D eigenvalue weighted by molar-refractivity contribution is 4.61. The molecule has 0 amide bonds. The van der Waals surface area contributed by atoms with Crippen molar-refractivity contribution in [3.8, 4) is 0 Å². The summed E-state index contributed by atoms with van der Waals surface area (Å²) in [5.74, 6) is 0.891. The third-order valence-electron chi connectivity index (χ3n) is 8.91. The van der Waals surface area contributed by atoms with E-state index < -0.39 is 0 Å². The van der Waals surface area contributed by atoms with Crippen LogP contribution in [0.2, 0.25) is 0 Å². The smallest absolute Gasteiger partial charge is 0.00187 e. The van der Waals surface area contributed by atoms with Crippen molar-refractivity contribution in [1.29, 1.82) is 0 Å². The van der Waals surface area contributed by atoms with E-state index >= 15 is 0 Å². The molecule has 0 radical (unpaired) electrons. The zero-order valence-electron chi connectivity index (χ0n) is 28.4. The van der Waals surface area contributed by atoms with Crippen LogP contribution in [0.5, 0.6) is 0 Å².